The predicted octanol–water partition coefficient (Wildman–Crippen LogP) is 1.76. The number of carbonyl (C=O) groups is 2. The second-order valence-corrected chi connectivity index (χ2v) is 6.37. The molecule has 0 radical (unpaired) electrons. The first-order valence-electron chi connectivity index (χ1n) is 7.65. The lowest BCUT2D eigenvalue weighted by atomic mass is 9.78. The van der Waals surface area contributed by atoms with E-state index in [4.69, 9.17) is 12.2 Å². The van der Waals surface area contributed by atoms with Crippen LogP contribution >= 0.6 is 12.2 Å². The Bertz CT molecular complexity index is 478. The van der Waals surface area contributed by atoms with Crippen LogP contribution in [0.2, 0.25) is 0 Å². The minimum Gasteiger partial charge on any atom is -0.302 e. The third kappa shape index (κ3) is 3.31. The van der Waals surface area contributed by atoms with E-state index in [1.807, 2.05) is 6.92 Å². The third-order valence-electron chi connectivity index (χ3n) is 4.70. The summed E-state index contributed by atoms with van der Waals surface area (Å²) in [4.78, 5) is 30.2. The van der Waals surface area contributed by atoms with Crippen molar-refractivity contribution in [2.45, 2.75) is 46.1 Å². The monoisotopic (exact) mass is 309 g/mol. The summed E-state index contributed by atoms with van der Waals surface area (Å²) in [5.41, 5.74) is 0. The molecule has 0 spiro atoms. The van der Waals surface area contributed by atoms with Gasteiger partial charge in [0.2, 0.25) is 11.8 Å². The van der Waals surface area contributed by atoms with E-state index in [1.54, 1.807) is 0 Å². The van der Waals surface area contributed by atoms with Crippen molar-refractivity contribution in [2.75, 3.05) is 6.54 Å². The maximum absolute atomic E-state index is 12.3. The average Bonchev–Trinajstić information content (AvgIpc) is 2.43. The van der Waals surface area contributed by atoms with Crippen molar-refractivity contribution in [1.82, 2.24) is 10.2 Å². The molecule has 0 aromatic rings. The Balaban J connectivity index is 2.10. The maximum Gasteiger partial charge on any atom is 0.246 e. The van der Waals surface area contributed by atoms with Crippen LogP contribution in [0.1, 0.15) is 40.0 Å². The predicted molar refractivity (Wildman–Crippen MR) is 86.1 cm³/mol. The molecule has 1 aliphatic carbocycles. The quantitative estimate of drug-likeness (QED) is 0.491. The zero-order valence-electron chi connectivity index (χ0n) is 12.8. The van der Waals surface area contributed by atoms with E-state index in [0.29, 0.717) is 18.4 Å². The number of nitrogens with zero attached hydrogens (tertiary/aromatic N) is 2. The summed E-state index contributed by atoms with van der Waals surface area (Å²) < 4.78 is 0. The van der Waals surface area contributed by atoms with Gasteiger partial charge >= 0.3 is 0 Å². The van der Waals surface area contributed by atoms with E-state index >= 15 is 0 Å². The fourth-order valence-electron chi connectivity index (χ4n) is 3.02. The van der Waals surface area contributed by atoms with Gasteiger partial charge in [0.1, 0.15) is 0 Å². The van der Waals surface area contributed by atoms with Gasteiger partial charge < -0.3 is 5.32 Å². The molecule has 1 aliphatic heterocycles. The minimum absolute atomic E-state index is 0.191. The van der Waals surface area contributed by atoms with E-state index in [0.717, 1.165) is 12.8 Å². The number of aliphatic imine (C=N–C) groups is 1. The molecule has 0 aromatic carbocycles. The number of nitrogens with one attached hydrogen (secondary N) is 1. The SMILES string of the molecule is CCN1C(=O)[C@H](C=N[C@@H]2CCC[C@@H](C)[C@@H]2C)C(=O)NC1=S. The summed E-state index contributed by atoms with van der Waals surface area (Å²) >= 11 is 5.01. The molecular formula is C15H23N3O2S. The molecule has 2 fully saturated rings. The molecule has 1 saturated heterocycles. The Hall–Kier alpha value is -1.30. The van der Waals surface area contributed by atoms with E-state index in [1.165, 1.54) is 17.5 Å². The number of rotatable bonds is 3. The summed E-state index contributed by atoms with van der Waals surface area (Å²) in [6.45, 7) is 6.73. The van der Waals surface area contributed by atoms with Crippen LogP contribution in [0.25, 0.3) is 0 Å². The Morgan fingerprint density at radius 2 is 2.10 bits per heavy atom. The molecule has 0 aromatic heterocycles. The number of amides is 2. The van der Waals surface area contributed by atoms with E-state index in [9.17, 15) is 9.59 Å². The topological polar surface area (TPSA) is 61.8 Å². The molecule has 0 unspecified atom stereocenters. The number of hydrogen-bond acceptors (Lipinski definition) is 4. The Labute approximate surface area is 131 Å². The van der Waals surface area contributed by atoms with Crippen LogP contribution in [0.15, 0.2) is 4.99 Å². The summed E-state index contributed by atoms with van der Waals surface area (Å²) in [5, 5.41) is 2.77. The number of hydrogen-bond donors (Lipinski definition) is 1. The highest BCUT2D eigenvalue weighted by Crippen LogP contribution is 2.31. The Kier molecular flexibility index (Phi) is 5.08. The van der Waals surface area contributed by atoms with Crippen molar-refractivity contribution in [3.8, 4) is 0 Å². The van der Waals surface area contributed by atoms with Gasteiger partial charge in [-0.2, -0.15) is 0 Å². The van der Waals surface area contributed by atoms with Crippen LogP contribution in [0.3, 0.4) is 0 Å². The molecule has 6 heteroatoms. The smallest absolute Gasteiger partial charge is 0.246 e. The number of thiocarbonyl (C=S) groups is 1. The van der Waals surface area contributed by atoms with Crippen LogP contribution < -0.4 is 5.32 Å². The standard InChI is InChI=1S/C15H23N3O2S/c1-4-18-14(20)11(13(19)17-15(18)21)8-16-12-7-5-6-9(2)10(12)3/h8-12H,4-7H2,1-3H3,(H,17,19,21)/t9-,10+,11-,12-/m1/s1. The zero-order valence-corrected chi connectivity index (χ0v) is 13.7. The largest absolute Gasteiger partial charge is 0.302 e. The van der Waals surface area contributed by atoms with Gasteiger partial charge in [-0.25, -0.2) is 0 Å². The fourth-order valence-corrected chi connectivity index (χ4v) is 3.34. The van der Waals surface area contributed by atoms with Gasteiger partial charge in [0, 0.05) is 12.8 Å². The lowest BCUT2D eigenvalue weighted by Crippen LogP contribution is -2.58. The second kappa shape index (κ2) is 6.64. The molecule has 1 N–H and O–H groups in total. The molecule has 1 heterocycles. The van der Waals surface area contributed by atoms with Gasteiger partial charge in [0.15, 0.2) is 11.0 Å². The van der Waals surface area contributed by atoms with Crippen molar-refractivity contribution in [2.24, 2.45) is 22.7 Å². The second-order valence-electron chi connectivity index (χ2n) is 5.99. The van der Waals surface area contributed by atoms with E-state index < -0.39 is 5.92 Å². The van der Waals surface area contributed by atoms with Crippen LogP contribution in [-0.4, -0.2) is 40.6 Å². The van der Waals surface area contributed by atoms with Crippen molar-refractivity contribution in [1.29, 1.82) is 0 Å². The van der Waals surface area contributed by atoms with Gasteiger partial charge in [0.25, 0.3) is 0 Å². The third-order valence-corrected chi connectivity index (χ3v) is 5.02. The highest BCUT2D eigenvalue weighted by atomic mass is 32.1. The van der Waals surface area contributed by atoms with Crippen LogP contribution in [0.4, 0.5) is 0 Å². The summed E-state index contributed by atoms with van der Waals surface area (Å²) in [6, 6.07) is 0.207. The lowest BCUT2D eigenvalue weighted by Gasteiger charge is -2.32. The Morgan fingerprint density at radius 3 is 2.76 bits per heavy atom. The zero-order chi connectivity index (χ0) is 15.6. The van der Waals surface area contributed by atoms with Crippen LogP contribution in [-0.2, 0) is 9.59 Å². The molecule has 4 atom stereocenters. The minimum atomic E-state index is -0.846. The molecule has 116 valence electrons. The molecule has 5 nitrogen and oxygen atoms in total. The van der Waals surface area contributed by atoms with Crippen LogP contribution in [0, 0.1) is 17.8 Å². The molecule has 21 heavy (non-hydrogen) atoms. The summed E-state index contributed by atoms with van der Waals surface area (Å²) in [7, 11) is 0. The number of carbonyl (C=O) groups excluding carboxylic acids is 2. The normalized spacial score (nSPS) is 34.4. The summed E-state index contributed by atoms with van der Waals surface area (Å²) in [5.74, 6) is -0.362. The molecule has 0 bridgehead atoms. The molecule has 2 aliphatic rings. The van der Waals surface area contributed by atoms with Gasteiger partial charge in [-0.15, -0.1) is 0 Å². The fraction of sp³-hybridized carbons (Fsp3) is 0.733. The Morgan fingerprint density at radius 1 is 1.38 bits per heavy atom. The van der Waals surface area contributed by atoms with Crippen molar-refractivity contribution < 1.29 is 9.59 Å². The van der Waals surface area contributed by atoms with Crippen molar-refractivity contribution in [3.05, 3.63) is 0 Å². The average molecular weight is 309 g/mol. The van der Waals surface area contributed by atoms with Gasteiger partial charge in [-0.3, -0.25) is 19.5 Å². The van der Waals surface area contributed by atoms with Crippen molar-refractivity contribution in [3.63, 3.8) is 0 Å². The summed E-state index contributed by atoms with van der Waals surface area (Å²) in [6.07, 6.45) is 4.94. The maximum atomic E-state index is 12.3. The van der Waals surface area contributed by atoms with Gasteiger partial charge in [-0.1, -0.05) is 26.7 Å². The van der Waals surface area contributed by atoms with Crippen LogP contribution in [0.5, 0.6) is 0 Å². The molecule has 2 rings (SSSR count). The molecule has 2 amide bonds. The first-order valence-corrected chi connectivity index (χ1v) is 8.06. The lowest BCUT2D eigenvalue weighted by molar-refractivity contribution is -0.137. The van der Waals surface area contributed by atoms with E-state index in [2.05, 4.69) is 24.2 Å². The van der Waals surface area contributed by atoms with Gasteiger partial charge in [0.05, 0.1) is 6.04 Å². The molecular weight excluding hydrogens is 286 g/mol. The highest BCUT2D eigenvalue weighted by Gasteiger charge is 2.37. The molecule has 1 saturated carbocycles. The van der Waals surface area contributed by atoms with Crippen molar-refractivity contribution >= 4 is 35.4 Å². The first kappa shape index (κ1) is 16.1. The first-order chi connectivity index (χ1) is 9.95. The highest BCUT2D eigenvalue weighted by molar-refractivity contribution is 7.80. The van der Waals surface area contributed by atoms with Gasteiger partial charge in [-0.05, 0) is 37.4 Å². The van der Waals surface area contributed by atoms with E-state index in [-0.39, 0.29) is 23.0 Å².